The van der Waals surface area contributed by atoms with E-state index in [0.29, 0.717) is 0 Å². The Balaban J connectivity index is 0.00000112. The van der Waals surface area contributed by atoms with Crippen LogP contribution in [0.5, 0.6) is 0 Å². The Morgan fingerprint density at radius 3 is 1.93 bits per heavy atom. The molecular formula is C13H28N2. The van der Waals surface area contributed by atoms with Crippen LogP contribution in [-0.4, -0.2) is 49.1 Å². The summed E-state index contributed by atoms with van der Waals surface area (Å²) in [5.41, 5.74) is 0. The zero-order valence-electron chi connectivity index (χ0n) is 9.71. The summed E-state index contributed by atoms with van der Waals surface area (Å²) < 4.78 is 0. The van der Waals surface area contributed by atoms with Crippen molar-refractivity contribution in [2.75, 3.05) is 33.2 Å². The first-order chi connectivity index (χ1) is 6.75. The van der Waals surface area contributed by atoms with Crippen molar-refractivity contribution in [3.8, 4) is 0 Å². The normalized spacial score (nSPS) is 34.8. The molecule has 1 saturated heterocycles. The quantitative estimate of drug-likeness (QED) is 0.659. The zero-order valence-corrected chi connectivity index (χ0v) is 9.71. The van der Waals surface area contributed by atoms with Gasteiger partial charge in [0.2, 0.25) is 0 Å². The lowest BCUT2D eigenvalue weighted by molar-refractivity contribution is 0.0832. The van der Waals surface area contributed by atoms with E-state index >= 15 is 0 Å². The van der Waals surface area contributed by atoms with Gasteiger partial charge in [0.15, 0.2) is 0 Å². The fourth-order valence-electron chi connectivity index (χ4n) is 2.79. The summed E-state index contributed by atoms with van der Waals surface area (Å²) in [6, 6.07) is 0.917. The molecule has 0 unspecified atom stereocenters. The first kappa shape index (κ1) is 13.0. The maximum absolute atomic E-state index is 2.73. The van der Waals surface area contributed by atoms with Gasteiger partial charge in [-0.15, -0.1) is 0 Å². The van der Waals surface area contributed by atoms with Crippen LogP contribution in [0.1, 0.15) is 40.0 Å². The summed E-state index contributed by atoms with van der Waals surface area (Å²) in [5, 5.41) is 0. The van der Waals surface area contributed by atoms with Crippen LogP contribution in [0.25, 0.3) is 0 Å². The average molecular weight is 212 g/mol. The second kappa shape index (κ2) is 5.86. The van der Waals surface area contributed by atoms with Crippen LogP contribution in [0.3, 0.4) is 0 Å². The molecular weight excluding hydrogens is 184 g/mol. The van der Waals surface area contributed by atoms with Gasteiger partial charge in [-0.2, -0.15) is 0 Å². The lowest BCUT2D eigenvalue weighted by Crippen LogP contribution is -2.49. The van der Waals surface area contributed by atoms with E-state index in [1.54, 1.807) is 0 Å². The first-order valence-electron chi connectivity index (χ1n) is 6.18. The number of hydrogen-bond donors (Lipinski definition) is 0. The summed E-state index contributed by atoms with van der Waals surface area (Å²) in [6.07, 6.45) is 5.81. The lowest BCUT2D eigenvalue weighted by Gasteiger charge is -2.40. The highest BCUT2D eigenvalue weighted by atomic mass is 15.3. The number of hydrogen-bond acceptors (Lipinski definition) is 2. The molecule has 0 aromatic rings. The van der Waals surface area contributed by atoms with Crippen LogP contribution in [0.15, 0.2) is 0 Å². The van der Waals surface area contributed by atoms with E-state index in [2.05, 4.69) is 23.8 Å². The third-order valence-electron chi connectivity index (χ3n) is 4.04. The van der Waals surface area contributed by atoms with Crippen LogP contribution in [0.4, 0.5) is 0 Å². The molecule has 2 nitrogen and oxygen atoms in total. The standard InChI is InChI=1S/C12H24N2.CH4/c1-11-3-5-12(6-4-11)14-9-7-13(2)8-10-14;/h11-12H,3-10H2,1-2H3;1H4. The van der Waals surface area contributed by atoms with Gasteiger partial charge in [-0.05, 0) is 38.6 Å². The molecule has 1 aliphatic carbocycles. The number of likely N-dealkylation sites (N-methyl/N-ethyl adjacent to an activating group) is 1. The lowest BCUT2D eigenvalue weighted by atomic mass is 9.86. The number of piperazine rings is 1. The molecule has 1 saturated carbocycles. The van der Waals surface area contributed by atoms with Crippen LogP contribution in [-0.2, 0) is 0 Å². The van der Waals surface area contributed by atoms with E-state index in [0.717, 1.165) is 12.0 Å². The van der Waals surface area contributed by atoms with Gasteiger partial charge in [-0.3, -0.25) is 4.90 Å². The third kappa shape index (κ3) is 3.46. The molecule has 2 heteroatoms. The fourth-order valence-corrected chi connectivity index (χ4v) is 2.79. The highest BCUT2D eigenvalue weighted by Gasteiger charge is 2.25. The van der Waals surface area contributed by atoms with Crippen molar-refractivity contribution in [2.24, 2.45) is 5.92 Å². The number of rotatable bonds is 1. The fraction of sp³-hybridized carbons (Fsp3) is 1.00. The monoisotopic (exact) mass is 212 g/mol. The molecule has 15 heavy (non-hydrogen) atoms. The van der Waals surface area contributed by atoms with Crippen molar-refractivity contribution in [3.63, 3.8) is 0 Å². The molecule has 2 rings (SSSR count). The SMILES string of the molecule is C.CC1CCC(N2CCN(C)CC2)CC1. The smallest absolute Gasteiger partial charge is 0.0113 e. The summed E-state index contributed by atoms with van der Waals surface area (Å²) in [5.74, 6) is 0.985. The molecule has 2 fully saturated rings. The van der Waals surface area contributed by atoms with E-state index in [4.69, 9.17) is 0 Å². The molecule has 0 amide bonds. The third-order valence-corrected chi connectivity index (χ3v) is 4.04. The molecule has 0 spiro atoms. The van der Waals surface area contributed by atoms with Gasteiger partial charge in [0, 0.05) is 32.2 Å². The van der Waals surface area contributed by atoms with Crippen molar-refractivity contribution in [1.29, 1.82) is 0 Å². The summed E-state index contributed by atoms with van der Waals surface area (Å²) >= 11 is 0. The Morgan fingerprint density at radius 2 is 1.40 bits per heavy atom. The number of nitrogens with zero attached hydrogens (tertiary/aromatic N) is 2. The second-order valence-corrected chi connectivity index (χ2v) is 5.25. The molecule has 1 aliphatic heterocycles. The van der Waals surface area contributed by atoms with Crippen molar-refractivity contribution in [2.45, 2.75) is 46.1 Å². The summed E-state index contributed by atoms with van der Waals surface area (Å²) in [6.45, 7) is 7.55. The molecule has 0 aromatic carbocycles. The average Bonchev–Trinajstić information content (AvgIpc) is 2.21. The Morgan fingerprint density at radius 1 is 0.867 bits per heavy atom. The summed E-state index contributed by atoms with van der Waals surface area (Å²) in [4.78, 5) is 5.17. The Bertz CT molecular complexity index is 145. The van der Waals surface area contributed by atoms with Gasteiger partial charge in [0.25, 0.3) is 0 Å². The minimum Gasteiger partial charge on any atom is -0.304 e. The minimum atomic E-state index is 0. The Kier molecular flexibility index (Phi) is 5.07. The molecule has 90 valence electrons. The van der Waals surface area contributed by atoms with Gasteiger partial charge in [-0.25, -0.2) is 0 Å². The van der Waals surface area contributed by atoms with Crippen molar-refractivity contribution >= 4 is 0 Å². The van der Waals surface area contributed by atoms with Gasteiger partial charge in [-0.1, -0.05) is 14.4 Å². The molecule has 1 heterocycles. The van der Waals surface area contributed by atoms with Crippen molar-refractivity contribution in [3.05, 3.63) is 0 Å². The maximum atomic E-state index is 2.73. The van der Waals surface area contributed by atoms with E-state index < -0.39 is 0 Å². The van der Waals surface area contributed by atoms with Crippen LogP contribution < -0.4 is 0 Å². The van der Waals surface area contributed by atoms with Crippen LogP contribution in [0, 0.1) is 5.92 Å². The van der Waals surface area contributed by atoms with E-state index in [1.807, 2.05) is 0 Å². The van der Waals surface area contributed by atoms with E-state index in [-0.39, 0.29) is 7.43 Å². The van der Waals surface area contributed by atoms with E-state index in [1.165, 1.54) is 51.9 Å². The van der Waals surface area contributed by atoms with Gasteiger partial charge in [0.05, 0.1) is 0 Å². The molecule has 0 radical (unpaired) electrons. The van der Waals surface area contributed by atoms with Crippen molar-refractivity contribution < 1.29 is 0 Å². The van der Waals surface area contributed by atoms with Crippen molar-refractivity contribution in [1.82, 2.24) is 9.80 Å². The largest absolute Gasteiger partial charge is 0.304 e. The molecule has 0 bridgehead atoms. The van der Waals surface area contributed by atoms with Crippen LogP contribution >= 0.6 is 0 Å². The second-order valence-electron chi connectivity index (χ2n) is 5.25. The topological polar surface area (TPSA) is 6.48 Å². The Labute approximate surface area is 95.6 Å². The zero-order chi connectivity index (χ0) is 9.97. The van der Waals surface area contributed by atoms with E-state index in [9.17, 15) is 0 Å². The molecule has 0 atom stereocenters. The highest BCUT2D eigenvalue weighted by molar-refractivity contribution is 4.81. The minimum absolute atomic E-state index is 0. The summed E-state index contributed by atoms with van der Waals surface area (Å²) in [7, 11) is 2.24. The molecule has 0 N–H and O–H groups in total. The Hall–Kier alpha value is -0.0800. The predicted octanol–water partition coefficient (Wildman–Crippen LogP) is 2.45. The molecule has 2 aliphatic rings. The predicted molar refractivity (Wildman–Crippen MR) is 67.2 cm³/mol. The van der Waals surface area contributed by atoms with Gasteiger partial charge in [0.1, 0.15) is 0 Å². The maximum Gasteiger partial charge on any atom is 0.0113 e. The first-order valence-corrected chi connectivity index (χ1v) is 6.18. The van der Waals surface area contributed by atoms with Crippen LogP contribution in [0.2, 0.25) is 0 Å². The van der Waals surface area contributed by atoms with Gasteiger partial charge < -0.3 is 4.90 Å². The molecule has 0 aromatic heterocycles. The van der Waals surface area contributed by atoms with Gasteiger partial charge >= 0.3 is 0 Å². The highest BCUT2D eigenvalue weighted by Crippen LogP contribution is 2.27.